The molecule has 1 aliphatic heterocycles. The summed E-state index contributed by atoms with van der Waals surface area (Å²) >= 11 is 0. The van der Waals surface area contributed by atoms with Gasteiger partial charge in [0.25, 0.3) is 5.56 Å². The summed E-state index contributed by atoms with van der Waals surface area (Å²) in [4.78, 5) is 12.4. The number of hydrogen-bond acceptors (Lipinski definition) is 4. The van der Waals surface area contributed by atoms with Crippen molar-refractivity contribution >= 4 is 16.5 Å². The molecule has 0 bridgehead atoms. The lowest BCUT2D eigenvalue weighted by atomic mass is 9.80. The van der Waals surface area contributed by atoms with Gasteiger partial charge in [0, 0.05) is 17.6 Å². The molecule has 0 spiro atoms. The molecular weight excluding hydrogens is 360 g/mol. The molecule has 2 unspecified atom stereocenters. The largest absolute Gasteiger partial charge is 0.377 e. The number of anilines is 1. The number of H-pyrrole nitrogens is 1. The maximum absolute atomic E-state index is 12.4. The molecule has 1 aliphatic rings. The quantitative estimate of drug-likeness (QED) is 0.500. The summed E-state index contributed by atoms with van der Waals surface area (Å²) in [5.74, 6) is -0.0133. The first-order valence-corrected chi connectivity index (χ1v) is 9.82. The third-order valence-corrected chi connectivity index (χ3v) is 5.66. The predicted octanol–water partition coefficient (Wildman–Crippen LogP) is 3.94. The molecular formula is C24H22N4O. The molecule has 4 aromatic rings. The van der Waals surface area contributed by atoms with Crippen molar-refractivity contribution in [3.8, 4) is 0 Å². The normalized spacial score (nSPS) is 17.8. The SMILES string of the molecule is CNCc1ccc(C2Nc3cccc4c(=O)[nH]nc(c34)C2c2ccccc2)cc1. The van der Waals surface area contributed by atoms with Crippen molar-refractivity contribution in [2.24, 2.45) is 0 Å². The molecule has 1 aromatic heterocycles. The number of rotatable bonds is 4. The molecule has 2 heterocycles. The molecule has 0 aliphatic carbocycles. The van der Waals surface area contributed by atoms with Gasteiger partial charge in [-0.1, -0.05) is 60.7 Å². The molecule has 3 N–H and O–H groups in total. The Morgan fingerprint density at radius 2 is 1.72 bits per heavy atom. The third kappa shape index (κ3) is 3.00. The number of nitrogens with zero attached hydrogens (tertiary/aromatic N) is 1. The first-order chi connectivity index (χ1) is 14.3. The average molecular weight is 382 g/mol. The number of aromatic amines is 1. The fraction of sp³-hybridized carbons (Fsp3) is 0.167. The Labute approximate surface area is 168 Å². The van der Waals surface area contributed by atoms with Crippen LogP contribution in [0.1, 0.15) is 34.3 Å². The van der Waals surface area contributed by atoms with Gasteiger partial charge >= 0.3 is 0 Å². The molecule has 2 atom stereocenters. The van der Waals surface area contributed by atoms with Gasteiger partial charge in [0.05, 0.1) is 23.0 Å². The zero-order chi connectivity index (χ0) is 19.8. The van der Waals surface area contributed by atoms with E-state index in [1.807, 2.05) is 43.4 Å². The second kappa shape index (κ2) is 7.18. The van der Waals surface area contributed by atoms with Crippen LogP contribution >= 0.6 is 0 Å². The average Bonchev–Trinajstić information content (AvgIpc) is 2.77. The molecule has 5 rings (SSSR count). The van der Waals surface area contributed by atoms with Crippen LogP contribution in [0.15, 0.2) is 77.6 Å². The molecule has 0 saturated carbocycles. The van der Waals surface area contributed by atoms with E-state index in [0.717, 1.165) is 23.3 Å². The molecule has 144 valence electrons. The highest BCUT2D eigenvalue weighted by Crippen LogP contribution is 2.46. The number of hydrogen-bond donors (Lipinski definition) is 3. The van der Waals surface area contributed by atoms with E-state index < -0.39 is 0 Å². The Morgan fingerprint density at radius 3 is 2.48 bits per heavy atom. The highest BCUT2D eigenvalue weighted by Gasteiger charge is 2.34. The highest BCUT2D eigenvalue weighted by atomic mass is 16.1. The van der Waals surface area contributed by atoms with E-state index in [-0.39, 0.29) is 17.5 Å². The van der Waals surface area contributed by atoms with E-state index in [1.54, 1.807) is 0 Å². The third-order valence-electron chi connectivity index (χ3n) is 5.66. The second-order valence-corrected chi connectivity index (χ2v) is 7.45. The minimum Gasteiger partial charge on any atom is -0.377 e. The standard InChI is InChI=1S/C24H22N4O/c1-25-14-15-10-12-17(13-11-15)22-20(16-6-3-2-4-7-16)23-21-18(24(29)28-27-23)8-5-9-19(21)26-22/h2-13,20,22,25-26H,14H2,1H3,(H,28,29). The van der Waals surface area contributed by atoms with Crippen LogP contribution in [0.4, 0.5) is 5.69 Å². The van der Waals surface area contributed by atoms with Crippen molar-refractivity contribution in [3.63, 3.8) is 0 Å². The minimum absolute atomic E-state index is 0.0116. The zero-order valence-corrected chi connectivity index (χ0v) is 16.1. The van der Waals surface area contributed by atoms with Crippen LogP contribution in [-0.4, -0.2) is 17.2 Å². The smallest absolute Gasteiger partial charge is 0.272 e. The predicted molar refractivity (Wildman–Crippen MR) is 116 cm³/mol. The van der Waals surface area contributed by atoms with E-state index in [9.17, 15) is 4.79 Å². The fourth-order valence-electron chi connectivity index (χ4n) is 4.33. The molecule has 5 heteroatoms. The topological polar surface area (TPSA) is 69.8 Å². The molecule has 5 nitrogen and oxygen atoms in total. The van der Waals surface area contributed by atoms with Crippen molar-refractivity contribution < 1.29 is 0 Å². The lowest BCUT2D eigenvalue weighted by Gasteiger charge is -2.34. The van der Waals surface area contributed by atoms with Gasteiger partial charge in [-0.2, -0.15) is 5.10 Å². The molecule has 29 heavy (non-hydrogen) atoms. The van der Waals surface area contributed by atoms with Gasteiger partial charge in [-0.25, -0.2) is 5.10 Å². The van der Waals surface area contributed by atoms with Gasteiger partial charge in [-0.3, -0.25) is 4.79 Å². The first kappa shape index (κ1) is 17.6. The highest BCUT2D eigenvalue weighted by molar-refractivity contribution is 5.97. The number of benzene rings is 3. The summed E-state index contributed by atoms with van der Waals surface area (Å²) in [6.07, 6.45) is 0. The lowest BCUT2D eigenvalue weighted by Crippen LogP contribution is -2.28. The van der Waals surface area contributed by atoms with Gasteiger partial charge in [-0.05, 0) is 35.9 Å². The van der Waals surface area contributed by atoms with Crippen molar-refractivity contribution in [2.45, 2.75) is 18.5 Å². The number of aromatic nitrogens is 2. The van der Waals surface area contributed by atoms with Gasteiger partial charge in [-0.15, -0.1) is 0 Å². The summed E-state index contributed by atoms with van der Waals surface area (Å²) in [5, 5.41) is 15.7. The molecule has 0 fully saturated rings. The van der Waals surface area contributed by atoms with Crippen molar-refractivity contribution in [2.75, 3.05) is 12.4 Å². The molecule has 0 amide bonds. The zero-order valence-electron chi connectivity index (χ0n) is 16.1. The summed E-state index contributed by atoms with van der Waals surface area (Å²) in [6.45, 7) is 0.839. The monoisotopic (exact) mass is 382 g/mol. The van der Waals surface area contributed by atoms with Crippen molar-refractivity contribution in [1.29, 1.82) is 0 Å². The molecule has 0 radical (unpaired) electrons. The van der Waals surface area contributed by atoms with Gasteiger partial charge < -0.3 is 10.6 Å². The Kier molecular flexibility index (Phi) is 4.37. The first-order valence-electron chi connectivity index (χ1n) is 9.82. The summed E-state index contributed by atoms with van der Waals surface area (Å²) in [6, 6.07) is 24.9. The fourth-order valence-corrected chi connectivity index (χ4v) is 4.33. The summed E-state index contributed by atoms with van der Waals surface area (Å²) in [5.41, 5.74) is 5.30. The van der Waals surface area contributed by atoms with Crippen LogP contribution in [0.5, 0.6) is 0 Å². The Bertz CT molecular complexity index is 1220. The van der Waals surface area contributed by atoms with Gasteiger partial charge in [0.1, 0.15) is 0 Å². The van der Waals surface area contributed by atoms with E-state index in [1.165, 1.54) is 16.7 Å². The van der Waals surface area contributed by atoms with E-state index in [2.05, 4.69) is 57.2 Å². The lowest BCUT2D eigenvalue weighted by molar-refractivity contribution is 0.638. The Hall–Kier alpha value is -3.44. The Balaban J connectivity index is 1.71. The van der Waals surface area contributed by atoms with E-state index in [0.29, 0.717) is 5.39 Å². The van der Waals surface area contributed by atoms with Crippen LogP contribution in [0.25, 0.3) is 10.8 Å². The van der Waals surface area contributed by atoms with Crippen molar-refractivity contribution in [3.05, 3.63) is 106 Å². The summed E-state index contributed by atoms with van der Waals surface area (Å²) in [7, 11) is 1.95. The van der Waals surface area contributed by atoms with Gasteiger partial charge in [0.15, 0.2) is 0 Å². The van der Waals surface area contributed by atoms with Crippen LogP contribution in [0.3, 0.4) is 0 Å². The van der Waals surface area contributed by atoms with Crippen LogP contribution in [0, 0.1) is 0 Å². The maximum atomic E-state index is 12.4. The maximum Gasteiger partial charge on any atom is 0.272 e. The van der Waals surface area contributed by atoms with Crippen LogP contribution in [0.2, 0.25) is 0 Å². The van der Waals surface area contributed by atoms with E-state index in [4.69, 9.17) is 0 Å². The molecule has 0 saturated heterocycles. The van der Waals surface area contributed by atoms with E-state index >= 15 is 0 Å². The van der Waals surface area contributed by atoms with Crippen LogP contribution < -0.4 is 16.2 Å². The van der Waals surface area contributed by atoms with Crippen molar-refractivity contribution in [1.82, 2.24) is 15.5 Å². The minimum atomic E-state index is -0.158. The second-order valence-electron chi connectivity index (χ2n) is 7.45. The summed E-state index contributed by atoms with van der Waals surface area (Å²) < 4.78 is 0. The molecule has 3 aromatic carbocycles. The number of nitrogens with one attached hydrogen (secondary N) is 3. The Morgan fingerprint density at radius 1 is 0.931 bits per heavy atom. The van der Waals surface area contributed by atoms with Crippen LogP contribution in [-0.2, 0) is 6.54 Å². The van der Waals surface area contributed by atoms with Gasteiger partial charge in [0.2, 0.25) is 0 Å².